The second-order valence-electron chi connectivity index (χ2n) is 9.39. The molecule has 4 rings (SSSR count). The van der Waals surface area contributed by atoms with Crippen LogP contribution in [0.5, 0.6) is 0 Å². The second kappa shape index (κ2) is 6.99. The fourth-order valence-electron chi connectivity index (χ4n) is 5.34. The van der Waals surface area contributed by atoms with Crippen molar-refractivity contribution in [1.82, 2.24) is 9.80 Å². The third kappa shape index (κ3) is 3.09. The molecular formula is C20H29N3O5S. The second-order valence-corrected chi connectivity index (χ2v) is 10.7. The van der Waals surface area contributed by atoms with Crippen molar-refractivity contribution in [1.29, 1.82) is 0 Å². The molecule has 3 fully saturated rings. The Morgan fingerprint density at radius 2 is 1.97 bits per heavy atom. The molecule has 2 amide bonds. The molecule has 9 heteroatoms. The van der Waals surface area contributed by atoms with Crippen LogP contribution in [0, 0.1) is 11.8 Å². The Hall–Kier alpha value is -1.58. The Kier molecular flexibility index (Phi) is 4.99. The molecule has 0 aliphatic carbocycles. The van der Waals surface area contributed by atoms with Gasteiger partial charge >= 0.3 is 0 Å². The average Bonchev–Trinajstić information content (AvgIpc) is 2.98. The number of carboxylic acid groups (broad SMARTS) is 1. The maximum atomic E-state index is 12.8. The molecule has 0 saturated carbocycles. The van der Waals surface area contributed by atoms with Gasteiger partial charge in [-0.05, 0) is 13.3 Å². The molecule has 6 atom stereocenters. The Morgan fingerprint density at radius 1 is 1.31 bits per heavy atom. The Balaban J connectivity index is 1.55. The SMILES string of the molecule is C[C@@H](O)[C@H]1C(=O)N2C(C(=O)[O-])=C(S[C@H]3C[C@@H](C(=O)N4CCC4)[N+](C)(C)C3)[C@H](C)[C@H]12. The summed E-state index contributed by atoms with van der Waals surface area (Å²) >= 11 is 1.48. The maximum absolute atomic E-state index is 12.8. The standard InChI is InChI=1S/C20H29N3O5S/c1-10-15-14(11(2)24)19(26)22(15)16(20(27)28)17(10)29-12-8-13(23(3,4)9-12)18(25)21-6-5-7-21/h10-15,24H,5-9H2,1-4H3/t10-,11-,12+,13+,14-,15-/m1/s1. The van der Waals surface area contributed by atoms with E-state index in [0.717, 1.165) is 26.1 Å². The first kappa shape index (κ1) is 20.7. The maximum Gasteiger partial charge on any atom is 0.280 e. The molecule has 4 aliphatic heterocycles. The van der Waals surface area contributed by atoms with Crippen molar-refractivity contribution in [2.75, 3.05) is 33.7 Å². The highest BCUT2D eigenvalue weighted by molar-refractivity contribution is 8.03. The lowest BCUT2D eigenvalue weighted by molar-refractivity contribution is -0.893. The van der Waals surface area contributed by atoms with Gasteiger partial charge in [0.2, 0.25) is 5.91 Å². The van der Waals surface area contributed by atoms with Crippen molar-refractivity contribution >= 4 is 29.5 Å². The highest BCUT2D eigenvalue weighted by Crippen LogP contribution is 2.52. The van der Waals surface area contributed by atoms with Gasteiger partial charge in [0, 0.05) is 30.3 Å². The minimum absolute atomic E-state index is 0.0442. The zero-order chi connectivity index (χ0) is 21.2. The molecule has 0 aromatic rings. The van der Waals surface area contributed by atoms with Crippen LogP contribution in [0.2, 0.25) is 0 Å². The molecule has 3 saturated heterocycles. The third-order valence-corrected chi connectivity index (χ3v) is 8.55. The fraction of sp³-hybridized carbons (Fsp3) is 0.750. The number of quaternary nitrogens is 1. The number of rotatable bonds is 5. The normalized spacial score (nSPS) is 36.6. The van der Waals surface area contributed by atoms with E-state index in [0.29, 0.717) is 15.8 Å². The predicted octanol–water partition coefficient (Wildman–Crippen LogP) is -1.01. The molecular weight excluding hydrogens is 394 g/mol. The predicted molar refractivity (Wildman–Crippen MR) is 105 cm³/mol. The van der Waals surface area contributed by atoms with Crippen molar-refractivity contribution in [2.24, 2.45) is 11.8 Å². The van der Waals surface area contributed by atoms with Gasteiger partial charge in [-0.3, -0.25) is 9.59 Å². The molecule has 0 radical (unpaired) electrons. The van der Waals surface area contributed by atoms with Gasteiger partial charge in [0.15, 0.2) is 6.04 Å². The van der Waals surface area contributed by atoms with Crippen LogP contribution in [-0.2, 0) is 14.4 Å². The lowest BCUT2D eigenvalue weighted by Gasteiger charge is -2.47. The van der Waals surface area contributed by atoms with E-state index in [1.54, 1.807) is 6.92 Å². The van der Waals surface area contributed by atoms with Crippen LogP contribution in [0.4, 0.5) is 0 Å². The van der Waals surface area contributed by atoms with Crippen molar-refractivity contribution in [2.45, 2.75) is 50.1 Å². The summed E-state index contributed by atoms with van der Waals surface area (Å²) < 4.78 is 0.581. The van der Waals surface area contributed by atoms with Gasteiger partial charge < -0.3 is 29.3 Å². The van der Waals surface area contributed by atoms with Crippen molar-refractivity contribution in [3.05, 3.63) is 10.6 Å². The van der Waals surface area contributed by atoms with Crippen LogP contribution < -0.4 is 5.11 Å². The van der Waals surface area contributed by atoms with Gasteiger partial charge in [0.25, 0.3) is 5.91 Å². The van der Waals surface area contributed by atoms with Crippen LogP contribution in [0.1, 0.15) is 26.7 Å². The summed E-state index contributed by atoms with van der Waals surface area (Å²) in [7, 11) is 4.10. The van der Waals surface area contributed by atoms with Crippen LogP contribution in [-0.4, -0.2) is 94.3 Å². The summed E-state index contributed by atoms with van der Waals surface area (Å²) in [4.78, 5) is 41.0. The number of nitrogens with zero attached hydrogens (tertiary/aromatic N) is 3. The molecule has 0 aromatic heterocycles. The number of aliphatic hydroxyl groups is 1. The monoisotopic (exact) mass is 423 g/mol. The van der Waals surface area contributed by atoms with Gasteiger partial charge in [-0.25, -0.2) is 0 Å². The summed E-state index contributed by atoms with van der Waals surface area (Å²) in [5, 5.41) is 21.9. The Morgan fingerprint density at radius 3 is 2.48 bits per heavy atom. The number of aliphatic hydroxyl groups excluding tert-OH is 1. The van der Waals surface area contributed by atoms with E-state index in [-0.39, 0.29) is 40.8 Å². The molecule has 4 heterocycles. The number of likely N-dealkylation sites (tertiary alicyclic amines) is 2. The first-order valence-electron chi connectivity index (χ1n) is 10.3. The molecule has 0 aromatic carbocycles. The Labute approximate surface area is 175 Å². The summed E-state index contributed by atoms with van der Waals surface area (Å²) in [6, 6.07) is -0.458. The van der Waals surface area contributed by atoms with Gasteiger partial charge in [-0.15, -0.1) is 11.8 Å². The largest absolute Gasteiger partial charge is 0.543 e. The first-order valence-corrected chi connectivity index (χ1v) is 11.2. The zero-order valence-electron chi connectivity index (χ0n) is 17.3. The number of carbonyl (C=O) groups excluding carboxylic acids is 3. The average molecular weight is 424 g/mol. The quantitative estimate of drug-likeness (QED) is 0.449. The number of hydrogen-bond donors (Lipinski definition) is 1. The van der Waals surface area contributed by atoms with Gasteiger partial charge in [-0.2, -0.15) is 0 Å². The Bertz CT molecular complexity index is 791. The topological polar surface area (TPSA) is 101 Å². The molecule has 8 nitrogen and oxygen atoms in total. The van der Waals surface area contributed by atoms with Gasteiger partial charge in [0.1, 0.15) is 0 Å². The van der Waals surface area contributed by atoms with E-state index >= 15 is 0 Å². The summed E-state index contributed by atoms with van der Waals surface area (Å²) in [6.45, 7) is 5.88. The minimum Gasteiger partial charge on any atom is -0.543 e. The van der Waals surface area contributed by atoms with Crippen LogP contribution >= 0.6 is 11.8 Å². The van der Waals surface area contributed by atoms with Crippen molar-refractivity contribution in [3.8, 4) is 0 Å². The van der Waals surface area contributed by atoms with E-state index in [4.69, 9.17) is 0 Å². The van der Waals surface area contributed by atoms with E-state index < -0.39 is 18.0 Å². The summed E-state index contributed by atoms with van der Waals surface area (Å²) in [5.74, 6) is -2.26. The molecule has 29 heavy (non-hydrogen) atoms. The minimum atomic E-state index is -1.35. The number of fused-ring (bicyclic) bond motifs is 1. The number of amides is 2. The van der Waals surface area contributed by atoms with Crippen molar-refractivity contribution in [3.63, 3.8) is 0 Å². The molecule has 1 N–H and O–H groups in total. The number of carboxylic acids is 1. The zero-order valence-corrected chi connectivity index (χ0v) is 18.1. The number of aliphatic carboxylic acids is 1. The summed E-state index contributed by atoms with van der Waals surface area (Å²) in [6.07, 6.45) is 0.917. The highest BCUT2D eigenvalue weighted by Gasteiger charge is 2.59. The molecule has 4 aliphatic rings. The van der Waals surface area contributed by atoms with E-state index in [9.17, 15) is 24.6 Å². The number of β-lactam (4-membered cyclic amide) rings is 1. The molecule has 0 unspecified atom stereocenters. The lowest BCUT2D eigenvalue weighted by Crippen LogP contribution is -2.64. The number of likely N-dealkylation sites (N-methyl/N-ethyl adjacent to an activating group) is 1. The van der Waals surface area contributed by atoms with E-state index in [1.807, 2.05) is 11.8 Å². The molecule has 160 valence electrons. The van der Waals surface area contributed by atoms with E-state index in [1.165, 1.54) is 16.7 Å². The molecule has 0 spiro atoms. The van der Waals surface area contributed by atoms with Crippen LogP contribution in [0.3, 0.4) is 0 Å². The highest BCUT2D eigenvalue weighted by atomic mass is 32.2. The van der Waals surface area contributed by atoms with Gasteiger partial charge in [0.05, 0.1) is 55.6 Å². The van der Waals surface area contributed by atoms with Crippen molar-refractivity contribution < 1.29 is 29.1 Å². The summed E-state index contributed by atoms with van der Waals surface area (Å²) in [5.41, 5.74) is -0.0442. The van der Waals surface area contributed by atoms with E-state index in [2.05, 4.69) is 14.1 Å². The molecule has 0 bridgehead atoms. The van der Waals surface area contributed by atoms with Crippen LogP contribution in [0.15, 0.2) is 10.6 Å². The lowest BCUT2D eigenvalue weighted by atomic mass is 9.79. The number of carbonyl (C=O) groups is 3. The fourth-order valence-corrected chi connectivity index (χ4v) is 7.09. The smallest absolute Gasteiger partial charge is 0.280 e. The number of hydrogen-bond acceptors (Lipinski definition) is 6. The third-order valence-electron chi connectivity index (χ3n) is 7.05. The van der Waals surface area contributed by atoms with Crippen LogP contribution in [0.25, 0.3) is 0 Å². The van der Waals surface area contributed by atoms with Gasteiger partial charge in [-0.1, -0.05) is 6.92 Å². The first-order chi connectivity index (χ1) is 13.5. The number of thioether (sulfide) groups is 1.